The predicted molar refractivity (Wildman–Crippen MR) is 120 cm³/mol. The number of allylic oxidation sites excluding steroid dienone is 2. The van der Waals surface area contributed by atoms with Crippen molar-refractivity contribution in [2.75, 3.05) is 32.9 Å². The van der Waals surface area contributed by atoms with Crippen molar-refractivity contribution >= 4 is 17.8 Å². The molecule has 1 aromatic rings. The standard InChI is InChI=1S/C25H33NO5/c27-22-19-23(31-16-8-11-20-9-4-3-5-10-20)21(12-6-1-2-7-13-24(28)29)25(22)26-14-17-30-18-15-26/h1-5,8-11,21,23,25H,6-7,12-19H2,(H,28,29)/b2-1-,11-8?/t21-,23-,25+/m0/s1. The highest BCUT2D eigenvalue weighted by molar-refractivity contribution is 5.87. The zero-order valence-electron chi connectivity index (χ0n) is 18.0. The molecule has 1 aromatic carbocycles. The van der Waals surface area contributed by atoms with Crippen LogP contribution in [0.3, 0.4) is 0 Å². The van der Waals surface area contributed by atoms with Crippen molar-refractivity contribution in [2.24, 2.45) is 5.92 Å². The Labute approximate surface area is 184 Å². The lowest BCUT2D eigenvalue weighted by atomic mass is 9.93. The molecular formula is C25H33NO5. The first-order valence-corrected chi connectivity index (χ1v) is 11.2. The lowest BCUT2D eigenvalue weighted by Crippen LogP contribution is -2.49. The van der Waals surface area contributed by atoms with E-state index in [-0.39, 0.29) is 30.3 Å². The second-order valence-corrected chi connectivity index (χ2v) is 8.09. The summed E-state index contributed by atoms with van der Waals surface area (Å²) in [4.78, 5) is 25.8. The van der Waals surface area contributed by atoms with Gasteiger partial charge < -0.3 is 14.6 Å². The van der Waals surface area contributed by atoms with E-state index in [9.17, 15) is 9.59 Å². The summed E-state index contributed by atoms with van der Waals surface area (Å²) in [6, 6.07) is 9.98. The van der Waals surface area contributed by atoms with E-state index in [0.29, 0.717) is 32.7 Å². The van der Waals surface area contributed by atoms with Gasteiger partial charge in [-0.2, -0.15) is 0 Å². The first-order chi connectivity index (χ1) is 15.1. The summed E-state index contributed by atoms with van der Waals surface area (Å²) in [7, 11) is 0. The zero-order valence-corrected chi connectivity index (χ0v) is 18.0. The Hall–Kier alpha value is -2.28. The Morgan fingerprint density at radius 2 is 1.87 bits per heavy atom. The van der Waals surface area contributed by atoms with Crippen LogP contribution in [-0.2, 0) is 19.1 Å². The third-order valence-corrected chi connectivity index (χ3v) is 5.93. The Morgan fingerprint density at radius 3 is 2.61 bits per heavy atom. The third-order valence-electron chi connectivity index (χ3n) is 5.93. The molecule has 3 rings (SSSR count). The molecule has 1 N–H and O–H groups in total. The van der Waals surface area contributed by atoms with E-state index in [1.807, 2.05) is 54.6 Å². The van der Waals surface area contributed by atoms with Gasteiger partial charge in [0.2, 0.25) is 0 Å². The number of ketones is 1. The number of aliphatic carboxylic acids is 1. The Kier molecular flexibility index (Phi) is 9.46. The van der Waals surface area contributed by atoms with Crippen molar-refractivity contribution in [3.63, 3.8) is 0 Å². The molecule has 0 unspecified atom stereocenters. The van der Waals surface area contributed by atoms with Gasteiger partial charge in [-0.3, -0.25) is 14.5 Å². The molecule has 0 amide bonds. The van der Waals surface area contributed by atoms with Crippen LogP contribution in [0.5, 0.6) is 0 Å². The van der Waals surface area contributed by atoms with E-state index in [4.69, 9.17) is 14.6 Å². The number of carbonyl (C=O) groups is 2. The molecule has 2 fully saturated rings. The van der Waals surface area contributed by atoms with Crippen LogP contribution in [0.4, 0.5) is 0 Å². The Bertz CT molecular complexity index is 754. The molecule has 6 nitrogen and oxygen atoms in total. The minimum Gasteiger partial charge on any atom is -0.481 e. The van der Waals surface area contributed by atoms with Gasteiger partial charge in [0.1, 0.15) is 0 Å². The highest BCUT2D eigenvalue weighted by Gasteiger charge is 2.45. The molecule has 0 aromatic heterocycles. The van der Waals surface area contributed by atoms with E-state index in [1.54, 1.807) is 0 Å². The van der Waals surface area contributed by atoms with Crippen LogP contribution in [0.25, 0.3) is 6.08 Å². The number of carboxylic acid groups (broad SMARTS) is 1. The number of carbonyl (C=O) groups excluding carboxylic acids is 1. The van der Waals surface area contributed by atoms with Crippen molar-refractivity contribution in [3.8, 4) is 0 Å². The molecule has 3 atom stereocenters. The quantitative estimate of drug-likeness (QED) is 0.544. The average Bonchev–Trinajstić information content (AvgIpc) is 3.09. The second kappa shape index (κ2) is 12.5. The number of morpholine rings is 1. The zero-order chi connectivity index (χ0) is 21.9. The molecule has 31 heavy (non-hydrogen) atoms. The van der Waals surface area contributed by atoms with Crippen LogP contribution < -0.4 is 0 Å². The van der Waals surface area contributed by atoms with E-state index in [2.05, 4.69) is 4.90 Å². The van der Waals surface area contributed by atoms with Gasteiger partial charge in [-0.15, -0.1) is 0 Å². The van der Waals surface area contributed by atoms with E-state index in [0.717, 1.165) is 31.5 Å². The summed E-state index contributed by atoms with van der Waals surface area (Å²) < 4.78 is 11.6. The number of carboxylic acids is 1. The van der Waals surface area contributed by atoms with Gasteiger partial charge in [0.05, 0.1) is 32.0 Å². The highest BCUT2D eigenvalue weighted by Crippen LogP contribution is 2.34. The smallest absolute Gasteiger partial charge is 0.303 e. The topological polar surface area (TPSA) is 76.1 Å². The highest BCUT2D eigenvalue weighted by atomic mass is 16.5. The van der Waals surface area contributed by atoms with Gasteiger partial charge in [-0.1, -0.05) is 54.6 Å². The van der Waals surface area contributed by atoms with Gasteiger partial charge in [0, 0.05) is 31.8 Å². The molecule has 1 aliphatic carbocycles. The number of Topliss-reactive ketones (excluding diaryl/α,β-unsaturated/α-hetero) is 1. The molecule has 168 valence electrons. The van der Waals surface area contributed by atoms with E-state index in [1.165, 1.54) is 0 Å². The monoisotopic (exact) mass is 427 g/mol. The normalized spacial score (nSPS) is 25.0. The molecule has 0 spiro atoms. The van der Waals surface area contributed by atoms with Crippen LogP contribution in [-0.4, -0.2) is 66.8 Å². The lowest BCUT2D eigenvalue weighted by molar-refractivity contribution is -0.136. The maximum atomic E-state index is 12.9. The Morgan fingerprint density at radius 1 is 1.13 bits per heavy atom. The van der Waals surface area contributed by atoms with Crippen molar-refractivity contribution < 1.29 is 24.2 Å². The molecule has 0 radical (unpaired) electrons. The SMILES string of the molecule is O=C(O)CC/C=C\CC[C@H]1[C@@H](OCC=Cc2ccccc2)CC(=O)[C@@H]1N1CCOCC1. The molecule has 1 saturated carbocycles. The largest absolute Gasteiger partial charge is 0.481 e. The number of hydrogen-bond acceptors (Lipinski definition) is 5. The summed E-state index contributed by atoms with van der Waals surface area (Å²) in [5, 5.41) is 8.75. The maximum absolute atomic E-state index is 12.9. The molecule has 2 aliphatic rings. The van der Waals surface area contributed by atoms with Crippen molar-refractivity contribution in [1.82, 2.24) is 4.90 Å². The summed E-state index contributed by atoms with van der Waals surface area (Å²) >= 11 is 0. The van der Waals surface area contributed by atoms with Crippen molar-refractivity contribution in [1.29, 1.82) is 0 Å². The molecule has 1 heterocycles. The summed E-state index contributed by atoms with van der Waals surface area (Å²) in [6.45, 7) is 3.37. The van der Waals surface area contributed by atoms with Crippen LogP contribution in [0.1, 0.15) is 37.7 Å². The number of rotatable bonds is 11. The average molecular weight is 428 g/mol. The van der Waals surface area contributed by atoms with Crippen molar-refractivity contribution in [3.05, 3.63) is 54.1 Å². The lowest BCUT2D eigenvalue weighted by Gasteiger charge is -2.35. The molecule has 6 heteroatoms. The minimum absolute atomic E-state index is 0.0896. The number of hydrogen-bond donors (Lipinski definition) is 1. The van der Waals surface area contributed by atoms with Crippen LogP contribution in [0.15, 0.2) is 48.6 Å². The van der Waals surface area contributed by atoms with Crippen LogP contribution in [0.2, 0.25) is 0 Å². The van der Waals surface area contributed by atoms with E-state index < -0.39 is 5.97 Å². The van der Waals surface area contributed by atoms with Gasteiger partial charge in [-0.05, 0) is 24.8 Å². The van der Waals surface area contributed by atoms with Gasteiger partial charge in [0.15, 0.2) is 5.78 Å². The summed E-state index contributed by atoms with van der Waals surface area (Å²) in [6.07, 6.45) is 10.7. The Balaban J connectivity index is 1.57. The summed E-state index contributed by atoms with van der Waals surface area (Å²) in [5.74, 6) is -0.380. The van der Waals surface area contributed by atoms with Crippen molar-refractivity contribution in [2.45, 2.75) is 44.2 Å². The van der Waals surface area contributed by atoms with Gasteiger partial charge in [-0.25, -0.2) is 0 Å². The number of ether oxygens (including phenoxy) is 2. The molecular weight excluding hydrogens is 394 g/mol. The minimum atomic E-state index is -0.782. The van der Waals surface area contributed by atoms with Crippen LogP contribution in [0, 0.1) is 5.92 Å². The number of benzene rings is 1. The van der Waals surface area contributed by atoms with Gasteiger partial charge >= 0.3 is 5.97 Å². The third kappa shape index (κ3) is 7.42. The number of nitrogens with zero attached hydrogens (tertiary/aromatic N) is 1. The first-order valence-electron chi connectivity index (χ1n) is 11.2. The fourth-order valence-corrected chi connectivity index (χ4v) is 4.43. The molecule has 1 saturated heterocycles. The predicted octanol–water partition coefficient (Wildman–Crippen LogP) is 3.58. The molecule has 1 aliphatic heterocycles. The summed E-state index contributed by atoms with van der Waals surface area (Å²) in [5.41, 5.74) is 1.13. The molecule has 0 bridgehead atoms. The second-order valence-electron chi connectivity index (χ2n) is 8.09. The maximum Gasteiger partial charge on any atom is 0.303 e. The fraction of sp³-hybridized carbons (Fsp3) is 0.520. The van der Waals surface area contributed by atoms with E-state index >= 15 is 0 Å². The first kappa shape index (κ1) is 23.4. The van der Waals surface area contributed by atoms with Crippen LogP contribution >= 0.6 is 0 Å². The fourth-order valence-electron chi connectivity index (χ4n) is 4.43. The van der Waals surface area contributed by atoms with Gasteiger partial charge in [0.25, 0.3) is 0 Å².